The van der Waals surface area contributed by atoms with Crippen LogP contribution in [-0.4, -0.2) is 17.1 Å². The normalized spacial score (nSPS) is 15.2. The molecule has 1 atom stereocenters. The Bertz CT molecular complexity index is 749. The zero-order valence-electron chi connectivity index (χ0n) is 14.2. The maximum Gasteiger partial charge on any atom is 0.279 e. The zero-order chi connectivity index (χ0) is 17.8. The summed E-state index contributed by atoms with van der Waals surface area (Å²) in [7, 11) is 0. The van der Waals surface area contributed by atoms with Crippen LogP contribution in [0.2, 0.25) is 0 Å². The summed E-state index contributed by atoms with van der Waals surface area (Å²) in [5, 5.41) is 3.36. The van der Waals surface area contributed by atoms with Gasteiger partial charge in [-0.2, -0.15) is 0 Å². The van der Waals surface area contributed by atoms with E-state index >= 15 is 0 Å². The van der Waals surface area contributed by atoms with Crippen molar-refractivity contribution in [3.63, 3.8) is 0 Å². The van der Waals surface area contributed by atoms with Gasteiger partial charge in [0.1, 0.15) is 5.75 Å². The molecule has 1 aliphatic rings. The van der Waals surface area contributed by atoms with Gasteiger partial charge in [0.05, 0.1) is 0 Å². The summed E-state index contributed by atoms with van der Waals surface area (Å²) >= 11 is 5.21. The van der Waals surface area contributed by atoms with Crippen molar-refractivity contribution in [2.45, 2.75) is 32.3 Å². The highest BCUT2D eigenvalue weighted by Crippen LogP contribution is 2.27. The van der Waals surface area contributed by atoms with Crippen molar-refractivity contribution in [3.8, 4) is 5.75 Å². The first-order valence-electron chi connectivity index (χ1n) is 8.24. The highest BCUT2D eigenvalue weighted by molar-refractivity contribution is 7.80. The third-order valence-electron chi connectivity index (χ3n) is 4.07. The van der Waals surface area contributed by atoms with Gasteiger partial charge in [0.2, 0.25) is 0 Å². The Balaban J connectivity index is 1.47. The summed E-state index contributed by atoms with van der Waals surface area (Å²) in [6.07, 6.45) is 0.0126. The van der Waals surface area contributed by atoms with Crippen molar-refractivity contribution in [2.24, 2.45) is 0 Å². The fourth-order valence-electron chi connectivity index (χ4n) is 2.64. The van der Waals surface area contributed by atoms with Gasteiger partial charge < -0.3 is 10.1 Å². The summed E-state index contributed by atoms with van der Waals surface area (Å²) in [4.78, 5) is 12.2. The Morgan fingerprint density at radius 3 is 2.52 bits per heavy atom. The molecule has 5 nitrogen and oxygen atoms in total. The molecular formula is C19H21N3O2S. The number of anilines is 1. The molecule has 0 unspecified atom stereocenters. The van der Waals surface area contributed by atoms with Crippen molar-refractivity contribution in [3.05, 3.63) is 59.7 Å². The molecule has 2 aromatic carbocycles. The van der Waals surface area contributed by atoms with Crippen LogP contribution in [0.1, 0.15) is 30.9 Å². The molecular weight excluding hydrogens is 334 g/mol. The number of rotatable bonds is 3. The Kier molecular flexibility index (Phi) is 5.19. The minimum absolute atomic E-state index is 0.254. The molecule has 0 radical (unpaired) electrons. The predicted molar refractivity (Wildman–Crippen MR) is 103 cm³/mol. The molecule has 130 valence electrons. The zero-order valence-corrected chi connectivity index (χ0v) is 15.0. The van der Waals surface area contributed by atoms with Crippen LogP contribution in [0.5, 0.6) is 5.75 Å². The highest BCUT2D eigenvalue weighted by atomic mass is 32.1. The fraction of sp³-hybridized carbons (Fsp3) is 0.263. The van der Waals surface area contributed by atoms with Gasteiger partial charge in [0.15, 0.2) is 11.2 Å². The third-order valence-corrected chi connectivity index (χ3v) is 4.28. The van der Waals surface area contributed by atoms with E-state index in [4.69, 9.17) is 17.0 Å². The van der Waals surface area contributed by atoms with Crippen LogP contribution in [-0.2, 0) is 11.2 Å². The monoisotopic (exact) mass is 355 g/mol. The summed E-state index contributed by atoms with van der Waals surface area (Å²) < 4.78 is 5.64. The number of carbonyl (C=O) groups is 1. The van der Waals surface area contributed by atoms with Crippen LogP contribution < -0.4 is 20.9 Å². The van der Waals surface area contributed by atoms with Crippen LogP contribution in [0.25, 0.3) is 0 Å². The van der Waals surface area contributed by atoms with Gasteiger partial charge in [0.25, 0.3) is 5.91 Å². The first-order chi connectivity index (χ1) is 12.0. The van der Waals surface area contributed by atoms with E-state index in [1.165, 1.54) is 5.56 Å². The summed E-state index contributed by atoms with van der Waals surface area (Å²) in [6.45, 7) is 4.29. The Labute approximate surface area is 152 Å². The van der Waals surface area contributed by atoms with E-state index in [0.29, 0.717) is 17.5 Å². The number of amides is 1. The van der Waals surface area contributed by atoms with E-state index < -0.39 is 6.10 Å². The molecule has 0 saturated carbocycles. The number of nitrogens with one attached hydrogen (secondary N) is 3. The van der Waals surface area contributed by atoms with E-state index in [2.05, 4.69) is 42.1 Å². The molecule has 0 bridgehead atoms. The number of ether oxygens (including phenoxy) is 1. The SMILES string of the molecule is CC(C)c1ccc(NC(=S)NNC(=O)[C@H]2Cc3ccccc3O2)cc1. The molecule has 0 spiro atoms. The van der Waals surface area contributed by atoms with E-state index in [1.54, 1.807) is 0 Å². The van der Waals surface area contributed by atoms with E-state index in [-0.39, 0.29) is 5.91 Å². The van der Waals surface area contributed by atoms with Crippen molar-refractivity contribution in [2.75, 3.05) is 5.32 Å². The molecule has 6 heteroatoms. The third kappa shape index (κ3) is 4.28. The second kappa shape index (κ2) is 7.53. The number of carbonyl (C=O) groups excluding carboxylic acids is 1. The van der Waals surface area contributed by atoms with E-state index in [0.717, 1.165) is 17.0 Å². The average Bonchev–Trinajstić information content (AvgIpc) is 3.04. The molecule has 0 aliphatic carbocycles. The van der Waals surface area contributed by atoms with Gasteiger partial charge in [0, 0.05) is 12.1 Å². The van der Waals surface area contributed by atoms with Gasteiger partial charge in [-0.15, -0.1) is 0 Å². The molecule has 3 N–H and O–H groups in total. The van der Waals surface area contributed by atoms with Crippen LogP contribution in [0.15, 0.2) is 48.5 Å². The van der Waals surface area contributed by atoms with Crippen LogP contribution in [0.3, 0.4) is 0 Å². The predicted octanol–water partition coefficient (Wildman–Crippen LogP) is 3.13. The summed E-state index contributed by atoms with van der Waals surface area (Å²) in [5.41, 5.74) is 8.46. The maximum atomic E-state index is 12.2. The largest absolute Gasteiger partial charge is 0.480 e. The number of hydrazine groups is 1. The minimum atomic E-state index is -0.543. The van der Waals surface area contributed by atoms with Crippen LogP contribution >= 0.6 is 12.2 Å². The van der Waals surface area contributed by atoms with Gasteiger partial charge in [-0.25, -0.2) is 0 Å². The number of hydrogen-bond acceptors (Lipinski definition) is 3. The molecule has 2 aromatic rings. The van der Waals surface area contributed by atoms with Gasteiger partial charge >= 0.3 is 0 Å². The topological polar surface area (TPSA) is 62.4 Å². The minimum Gasteiger partial charge on any atom is -0.480 e. The lowest BCUT2D eigenvalue weighted by atomic mass is 10.0. The first kappa shape index (κ1) is 17.2. The number of benzene rings is 2. The lowest BCUT2D eigenvalue weighted by molar-refractivity contribution is -0.127. The maximum absolute atomic E-state index is 12.2. The average molecular weight is 355 g/mol. The van der Waals surface area contributed by atoms with Crippen LogP contribution in [0.4, 0.5) is 5.69 Å². The number of fused-ring (bicyclic) bond motifs is 1. The number of thiocarbonyl (C=S) groups is 1. The first-order valence-corrected chi connectivity index (χ1v) is 8.65. The fourth-order valence-corrected chi connectivity index (χ4v) is 2.81. The van der Waals surface area contributed by atoms with Crippen LogP contribution in [0, 0.1) is 0 Å². The summed E-state index contributed by atoms with van der Waals surface area (Å²) in [5.74, 6) is 0.984. The quantitative estimate of drug-likeness (QED) is 0.583. The smallest absolute Gasteiger partial charge is 0.279 e. The van der Waals surface area contributed by atoms with Gasteiger partial charge in [-0.1, -0.05) is 44.2 Å². The molecule has 0 fully saturated rings. The molecule has 3 rings (SSSR count). The molecule has 1 heterocycles. The molecule has 1 amide bonds. The molecule has 0 aromatic heterocycles. The molecule has 0 saturated heterocycles. The lowest BCUT2D eigenvalue weighted by Gasteiger charge is -2.15. The Morgan fingerprint density at radius 2 is 1.84 bits per heavy atom. The van der Waals surface area contributed by atoms with Gasteiger partial charge in [-0.3, -0.25) is 15.6 Å². The molecule has 1 aliphatic heterocycles. The van der Waals surface area contributed by atoms with E-state index in [9.17, 15) is 4.79 Å². The van der Waals surface area contributed by atoms with Crippen molar-refractivity contribution >= 4 is 28.9 Å². The van der Waals surface area contributed by atoms with Crippen molar-refractivity contribution in [1.82, 2.24) is 10.9 Å². The second-order valence-electron chi connectivity index (χ2n) is 6.26. The number of para-hydroxylation sites is 1. The Morgan fingerprint density at radius 1 is 1.12 bits per heavy atom. The summed E-state index contributed by atoms with van der Waals surface area (Å²) in [6, 6.07) is 15.7. The lowest BCUT2D eigenvalue weighted by Crippen LogP contribution is -2.49. The Hall–Kier alpha value is -2.60. The number of hydrogen-bond donors (Lipinski definition) is 3. The second-order valence-corrected chi connectivity index (χ2v) is 6.67. The van der Waals surface area contributed by atoms with Crippen molar-refractivity contribution < 1.29 is 9.53 Å². The van der Waals surface area contributed by atoms with Crippen molar-refractivity contribution in [1.29, 1.82) is 0 Å². The van der Waals surface area contributed by atoms with Gasteiger partial charge in [-0.05, 0) is 47.5 Å². The standard InChI is InChI=1S/C19H21N3O2S/c1-12(2)13-7-9-15(10-8-13)20-19(25)22-21-18(23)17-11-14-5-3-4-6-16(14)24-17/h3-10,12,17H,11H2,1-2H3,(H,21,23)(H2,20,22,25)/t17-/m1/s1. The van der Waals surface area contributed by atoms with E-state index in [1.807, 2.05) is 36.4 Å². The molecule has 25 heavy (non-hydrogen) atoms. The highest BCUT2D eigenvalue weighted by Gasteiger charge is 2.28.